The van der Waals surface area contributed by atoms with Gasteiger partial charge in [0.1, 0.15) is 6.33 Å². The Morgan fingerprint density at radius 3 is 2.45 bits per heavy atom. The second kappa shape index (κ2) is 6.64. The topological polar surface area (TPSA) is 25.8 Å². The van der Waals surface area contributed by atoms with Gasteiger partial charge >= 0.3 is 0 Å². The zero-order valence-corrected chi connectivity index (χ0v) is 18.1. The van der Waals surface area contributed by atoms with Gasteiger partial charge in [0.15, 0.2) is 0 Å². The maximum Gasteiger partial charge on any atom is 0.116 e. The van der Waals surface area contributed by atoms with Crippen molar-refractivity contribution in [1.82, 2.24) is 9.97 Å². The summed E-state index contributed by atoms with van der Waals surface area (Å²) in [6.45, 7) is 9.14. The lowest BCUT2D eigenvalue weighted by Crippen LogP contribution is -2.10. The third-order valence-electron chi connectivity index (χ3n) is 5.52. The summed E-state index contributed by atoms with van der Waals surface area (Å²) in [5.41, 5.74) is 6.31. The summed E-state index contributed by atoms with van der Waals surface area (Å²) < 4.78 is 2.51. The molecular weight excluding hydrogens is 372 g/mol. The minimum atomic E-state index is 0.269. The molecule has 3 aromatic carbocycles. The maximum atomic E-state index is 4.69. The van der Waals surface area contributed by atoms with Crippen molar-refractivity contribution in [1.29, 1.82) is 0 Å². The van der Waals surface area contributed by atoms with Gasteiger partial charge in [0.2, 0.25) is 0 Å². The van der Waals surface area contributed by atoms with E-state index in [-0.39, 0.29) is 5.41 Å². The Hall–Kier alpha value is -2.78. The van der Waals surface area contributed by atoms with Crippen molar-refractivity contribution in [2.24, 2.45) is 5.41 Å². The summed E-state index contributed by atoms with van der Waals surface area (Å²) in [5.74, 6) is 0. The van der Waals surface area contributed by atoms with Crippen LogP contribution in [-0.2, 0) is 6.42 Å². The standard InChI is InChI=1S/C26H24N2S/c1-16-20(14-26(2,3)4)11-12-21-23-25(29-24(16)21)22(27-15-28-23)19-10-9-17-7-5-6-8-18(17)13-19/h5-13,15H,14H2,1-4H3. The second-order valence-electron chi connectivity index (χ2n) is 9.03. The van der Waals surface area contributed by atoms with Gasteiger partial charge in [-0.15, -0.1) is 11.3 Å². The molecule has 0 saturated carbocycles. The van der Waals surface area contributed by atoms with Crippen molar-refractivity contribution in [2.75, 3.05) is 0 Å². The third-order valence-corrected chi connectivity index (χ3v) is 6.85. The first kappa shape index (κ1) is 18.3. The molecule has 0 N–H and O–H groups in total. The molecule has 0 spiro atoms. The fourth-order valence-corrected chi connectivity index (χ4v) is 5.41. The van der Waals surface area contributed by atoms with Gasteiger partial charge in [-0.25, -0.2) is 9.97 Å². The maximum absolute atomic E-state index is 4.69. The van der Waals surface area contributed by atoms with E-state index < -0.39 is 0 Å². The molecule has 0 aliphatic rings. The summed E-state index contributed by atoms with van der Waals surface area (Å²) in [6, 6.07) is 19.6. The van der Waals surface area contributed by atoms with Crippen LogP contribution in [0.1, 0.15) is 31.9 Å². The lowest BCUT2D eigenvalue weighted by molar-refractivity contribution is 0.410. The lowest BCUT2D eigenvalue weighted by Gasteiger charge is -2.19. The van der Waals surface area contributed by atoms with Crippen LogP contribution in [0.2, 0.25) is 0 Å². The molecule has 2 aromatic heterocycles. The Bertz CT molecular complexity index is 1370. The molecule has 0 unspecified atom stereocenters. The lowest BCUT2D eigenvalue weighted by atomic mass is 9.86. The van der Waals surface area contributed by atoms with Gasteiger partial charge in [0.05, 0.1) is 15.9 Å². The molecule has 5 rings (SSSR count). The molecule has 29 heavy (non-hydrogen) atoms. The Labute approximate surface area is 175 Å². The number of rotatable bonds is 2. The van der Waals surface area contributed by atoms with Gasteiger partial charge < -0.3 is 0 Å². The first-order chi connectivity index (χ1) is 13.9. The van der Waals surface area contributed by atoms with Gasteiger partial charge in [-0.1, -0.05) is 69.3 Å². The van der Waals surface area contributed by atoms with Crippen molar-refractivity contribution in [3.63, 3.8) is 0 Å². The smallest absolute Gasteiger partial charge is 0.116 e. The zero-order chi connectivity index (χ0) is 20.2. The van der Waals surface area contributed by atoms with Crippen molar-refractivity contribution < 1.29 is 0 Å². The summed E-state index contributed by atoms with van der Waals surface area (Å²) in [6.07, 6.45) is 2.78. The van der Waals surface area contributed by atoms with E-state index in [9.17, 15) is 0 Å². The van der Waals surface area contributed by atoms with E-state index in [2.05, 4.69) is 87.3 Å². The summed E-state index contributed by atoms with van der Waals surface area (Å²) in [7, 11) is 0. The molecule has 0 aliphatic carbocycles. The van der Waals surface area contributed by atoms with Crippen molar-refractivity contribution >= 4 is 42.4 Å². The van der Waals surface area contributed by atoms with Crippen LogP contribution in [0.25, 0.3) is 42.3 Å². The van der Waals surface area contributed by atoms with Crippen LogP contribution >= 0.6 is 11.3 Å². The van der Waals surface area contributed by atoms with Gasteiger partial charge in [-0.05, 0) is 46.7 Å². The molecule has 144 valence electrons. The van der Waals surface area contributed by atoms with E-state index in [0.29, 0.717) is 0 Å². The predicted octanol–water partition coefficient (Wildman–Crippen LogP) is 7.56. The summed E-state index contributed by atoms with van der Waals surface area (Å²) in [5, 5.41) is 3.73. The van der Waals surface area contributed by atoms with Crippen LogP contribution in [0.3, 0.4) is 0 Å². The van der Waals surface area contributed by atoms with Gasteiger partial charge in [0.25, 0.3) is 0 Å². The highest BCUT2D eigenvalue weighted by Crippen LogP contribution is 2.41. The molecule has 2 heterocycles. The van der Waals surface area contributed by atoms with Crippen LogP contribution in [0.4, 0.5) is 0 Å². The number of nitrogens with zero attached hydrogens (tertiary/aromatic N) is 2. The first-order valence-corrected chi connectivity index (χ1v) is 10.9. The van der Waals surface area contributed by atoms with Crippen LogP contribution < -0.4 is 0 Å². The number of aryl methyl sites for hydroxylation is 1. The van der Waals surface area contributed by atoms with E-state index in [1.165, 1.54) is 36.7 Å². The molecule has 0 radical (unpaired) electrons. The fraction of sp³-hybridized carbons (Fsp3) is 0.231. The van der Waals surface area contributed by atoms with E-state index in [1.807, 2.05) is 11.3 Å². The number of hydrogen-bond donors (Lipinski definition) is 0. The molecule has 5 aromatic rings. The van der Waals surface area contributed by atoms with Gasteiger partial charge in [0, 0.05) is 15.6 Å². The minimum absolute atomic E-state index is 0.269. The van der Waals surface area contributed by atoms with Crippen molar-refractivity contribution in [2.45, 2.75) is 34.1 Å². The molecule has 0 fully saturated rings. The normalized spacial score (nSPS) is 12.3. The fourth-order valence-electron chi connectivity index (χ4n) is 4.12. The quantitative estimate of drug-likeness (QED) is 0.308. The molecule has 2 nitrogen and oxygen atoms in total. The number of thiophene rings is 1. The number of aromatic nitrogens is 2. The zero-order valence-electron chi connectivity index (χ0n) is 17.3. The molecule has 0 aliphatic heterocycles. The predicted molar refractivity (Wildman–Crippen MR) is 126 cm³/mol. The molecule has 0 atom stereocenters. The highest BCUT2D eigenvalue weighted by Gasteiger charge is 2.18. The van der Waals surface area contributed by atoms with Crippen LogP contribution in [-0.4, -0.2) is 9.97 Å². The first-order valence-electron chi connectivity index (χ1n) is 10.1. The Morgan fingerprint density at radius 1 is 0.862 bits per heavy atom. The largest absolute Gasteiger partial charge is 0.235 e. The molecule has 0 saturated heterocycles. The van der Waals surface area contributed by atoms with E-state index in [4.69, 9.17) is 4.98 Å². The van der Waals surface area contributed by atoms with Crippen LogP contribution in [0, 0.1) is 12.3 Å². The molecule has 3 heteroatoms. The third kappa shape index (κ3) is 3.20. The monoisotopic (exact) mass is 396 g/mol. The van der Waals surface area contributed by atoms with Crippen LogP contribution in [0.15, 0.2) is 60.9 Å². The van der Waals surface area contributed by atoms with E-state index in [1.54, 1.807) is 6.33 Å². The number of fused-ring (bicyclic) bond motifs is 4. The Morgan fingerprint density at radius 2 is 1.66 bits per heavy atom. The minimum Gasteiger partial charge on any atom is -0.235 e. The van der Waals surface area contributed by atoms with Crippen molar-refractivity contribution in [3.05, 3.63) is 72.1 Å². The Kier molecular flexibility index (Phi) is 4.18. The van der Waals surface area contributed by atoms with Crippen LogP contribution in [0.5, 0.6) is 0 Å². The van der Waals surface area contributed by atoms with Gasteiger partial charge in [-0.3, -0.25) is 0 Å². The van der Waals surface area contributed by atoms with Crippen molar-refractivity contribution in [3.8, 4) is 11.3 Å². The average Bonchev–Trinajstić information content (AvgIpc) is 3.08. The second-order valence-corrected chi connectivity index (χ2v) is 10.0. The molecular formula is C26H24N2S. The SMILES string of the molecule is Cc1c(CC(C)(C)C)ccc2c1sc1c(-c3ccc4ccccc4c3)ncnc12. The van der Waals surface area contributed by atoms with Gasteiger partial charge in [-0.2, -0.15) is 0 Å². The number of hydrogen-bond acceptors (Lipinski definition) is 3. The highest BCUT2D eigenvalue weighted by atomic mass is 32.1. The molecule has 0 amide bonds. The number of benzene rings is 3. The van der Waals surface area contributed by atoms with E-state index in [0.717, 1.165) is 23.2 Å². The Balaban J connectivity index is 1.73. The summed E-state index contributed by atoms with van der Waals surface area (Å²) in [4.78, 5) is 9.35. The molecule has 0 bridgehead atoms. The summed E-state index contributed by atoms with van der Waals surface area (Å²) >= 11 is 1.83. The average molecular weight is 397 g/mol. The highest BCUT2D eigenvalue weighted by molar-refractivity contribution is 7.26. The van der Waals surface area contributed by atoms with E-state index >= 15 is 0 Å².